The van der Waals surface area contributed by atoms with Crippen molar-refractivity contribution in [1.29, 1.82) is 0 Å². The van der Waals surface area contributed by atoms with Gasteiger partial charge in [-0.15, -0.1) is 11.3 Å². The molecule has 0 saturated carbocycles. The van der Waals surface area contributed by atoms with Crippen LogP contribution in [0.1, 0.15) is 30.1 Å². The number of hydrogen-bond acceptors (Lipinski definition) is 7. The molecule has 0 aliphatic carbocycles. The molecule has 3 aromatic heterocycles. The highest BCUT2D eigenvalue weighted by Gasteiger charge is 2.13. The zero-order valence-electron chi connectivity index (χ0n) is 12.8. The Hall–Kier alpha value is -1.99. The summed E-state index contributed by atoms with van der Waals surface area (Å²) in [5.74, 6) is 2.98. The minimum Gasteiger partial charge on any atom is -0.459 e. The van der Waals surface area contributed by atoms with E-state index < -0.39 is 0 Å². The van der Waals surface area contributed by atoms with Crippen LogP contribution in [0, 0.1) is 6.92 Å². The van der Waals surface area contributed by atoms with Crippen LogP contribution in [0.25, 0.3) is 10.8 Å². The van der Waals surface area contributed by atoms with Gasteiger partial charge < -0.3 is 14.3 Å². The number of thiazole rings is 1. The van der Waals surface area contributed by atoms with Gasteiger partial charge in [0.2, 0.25) is 5.89 Å². The number of aryl methyl sites for hydroxylation is 1. The number of nitrogens with zero attached hydrogens (tertiary/aromatic N) is 3. The lowest BCUT2D eigenvalue weighted by Gasteiger charge is -2.04. The first kappa shape index (κ1) is 14.9. The summed E-state index contributed by atoms with van der Waals surface area (Å²) >= 11 is 1.55. The maximum atomic E-state index is 5.58. The van der Waals surface area contributed by atoms with Crippen LogP contribution >= 0.6 is 11.3 Å². The van der Waals surface area contributed by atoms with Crippen molar-refractivity contribution in [3.8, 4) is 10.8 Å². The van der Waals surface area contributed by atoms with Crippen molar-refractivity contribution in [3.05, 3.63) is 40.7 Å². The fourth-order valence-corrected chi connectivity index (χ4v) is 2.81. The molecule has 0 bridgehead atoms. The van der Waals surface area contributed by atoms with Crippen LogP contribution in [0.4, 0.5) is 0 Å². The van der Waals surface area contributed by atoms with E-state index in [9.17, 15) is 0 Å². The fourth-order valence-electron chi connectivity index (χ4n) is 2.03. The van der Waals surface area contributed by atoms with Gasteiger partial charge in [0.25, 0.3) is 0 Å². The number of hydrogen-bond donors (Lipinski definition) is 1. The van der Waals surface area contributed by atoms with E-state index in [-0.39, 0.29) is 0 Å². The van der Waals surface area contributed by atoms with E-state index in [0.717, 1.165) is 28.6 Å². The molecule has 116 valence electrons. The summed E-state index contributed by atoms with van der Waals surface area (Å²) in [5.41, 5.74) is 0.908. The van der Waals surface area contributed by atoms with Crippen molar-refractivity contribution in [3.63, 3.8) is 0 Å². The average Bonchev–Trinajstić information content (AvgIpc) is 3.21. The molecule has 3 heterocycles. The monoisotopic (exact) mass is 318 g/mol. The molecule has 1 atom stereocenters. The lowest BCUT2D eigenvalue weighted by molar-refractivity contribution is 0.376. The molecule has 1 unspecified atom stereocenters. The van der Waals surface area contributed by atoms with Gasteiger partial charge in [0.1, 0.15) is 5.76 Å². The predicted molar refractivity (Wildman–Crippen MR) is 83.9 cm³/mol. The molecule has 0 spiro atoms. The van der Waals surface area contributed by atoms with Crippen LogP contribution in [-0.4, -0.2) is 28.2 Å². The highest BCUT2D eigenvalue weighted by molar-refractivity contribution is 7.13. The first-order chi connectivity index (χ1) is 10.6. The van der Waals surface area contributed by atoms with Crippen LogP contribution in [0.15, 0.2) is 26.5 Å². The summed E-state index contributed by atoms with van der Waals surface area (Å²) in [6, 6.07) is 4.18. The molecule has 3 aromatic rings. The standard InChI is InChI=1S/C15H18N4O2S/c1-9(16-3)6-13-18-14(21-19-13)7-11-8-22-15(17-11)12-5-4-10(2)20-12/h4-5,8-9,16H,6-7H2,1-3H3. The van der Waals surface area contributed by atoms with E-state index in [4.69, 9.17) is 8.94 Å². The van der Waals surface area contributed by atoms with E-state index in [1.54, 1.807) is 11.3 Å². The van der Waals surface area contributed by atoms with Crippen molar-refractivity contribution in [2.24, 2.45) is 0 Å². The van der Waals surface area contributed by atoms with Crippen molar-refractivity contribution in [2.75, 3.05) is 7.05 Å². The summed E-state index contributed by atoms with van der Waals surface area (Å²) in [6.45, 7) is 4.00. The highest BCUT2D eigenvalue weighted by Crippen LogP contribution is 2.26. The molecule has 6 nitrogen and oxygen atoms in total. The smallest absolute Gasteiger partial charge is 0.232 e. The van der Waals surface area contributed by atoms with E-state index in [1.165, 1.54) is 0 Å². The van der Waals surface area contributed by atoms with Crippen LogP contribution in [-0.2, 0) is 12.8 Å². The molecule has 22 heavy (non-hydrogen) atoms. The second-order valence-electron chi connectivity index (χ2n) is 5.23. The second-order valence-corrected chi connectivity index (χ2v) is 6.09. The minimum atomic E-state index is 0.318. The van der Waals surface area contributed by atoms with Gasteiger partial charge in [0.15, 0.2) is 16.6 Å². The SMILES string of the molecule is CNC(C)Cc1noc(Cc2csc(-c3ccc(C)o3)n2)n1. The average molecular weight is 318 g/mol. The van der Waals surface area contributed by atoms with Crippen LogP contribution in [0.5, 0.6) is 0 Å². The third-order valence-corrected chi connectivity index (χ3v) is 4.23. The zero-order chi connectivity index (χ0) is 15.5. The molecule has 3 rings (SSSR count). The Morgan fingerprint density at radius 3 is 2.91 bits per heavy atom. The molecular weight excluding hydrogens is 300 g/mol. The van der Waals surface area contributed by atoms with Crippen molar-refractivity contribution in [2.45, 2.75) is 32.7 Å². The lowest BCUT2D eigenvalue weighted by Crippen LogP contribution is -2.24. The largest absolute Gasteiger partial charge is 0.459 e. The highest BCUT2D eigenvalue weighted by atomic mass is 32.1. The molecule has 0 radical (unpaired) electrons. The van der Waals surface area contributed by atoms with Crippen LogP contribution in [0.3, 0.4) is 0 Å². The molecule has 0 aliphatic rings. The number of likely N-dealkylation sites (N-methyl/N-ethyl adjacent to an activating group) is 1. The number of aromatic nitrogens is 3. The van der Waals surface area contributed by atoms with Gasteiger partial charge in [-0.2, -0.15) is 4.98 Å². The molecule has 1 N–H and O–H groups in total. The van der Waals surface area contributed by atoms with E-state index >= 15 is 0 Å². The molecular formula is C15H18N4O2S. The van der Waals surface area contributed by atoms with Crippen molar-refractivity contribution >= 4 is 11.3 Å². The Bertz CT molecular complexity index is 746. The molecule has 0 aromatic carbocycles. The maximum Gasteiger partial charge on any atom is 0.232 e. The Morgan fingerprint density at radius 1 is 1.32 bits per heavy atom. The van der Waals surface area contributed by atoms with Gasteiger partial charge >= 0.3 is 0 Å². The molecule has 0 fully saturated rings. The first-order valence-corrected chi connectivity index (χ1v) is 8.02. The summed E-state index contributed by atoms with van der Waals surface area (Å²) in [7, 11) is 1.92. The number of rotatable bonds is 6. The van der Waals surface area contributed by atoms with Gasteiger partial charge in [-0.05, 0) is 33.0 Å². The van der Waals surface area contributed by atoms with E-state index in [2.05, 4.69) is 27.4 Å². The number of furan rings is 1. The Balaban J connectivity index is 1.67. The number of nitrogens with one attached hydrogen (secondary N) is 1. The Labute approximate surface area is 132 Å². The maximum absolute atomic E-state index is 5.58. The fraction of sp³-hybridized carbons (Fsp3) is 0.400. The Kier molecular flexibility index (Phi) is 4.35. The van der Waals surface area contributed by atoms with Gasteiger partial charge in [-0.3, -0.25) is 0 Å². The zero-order valence-corrected chi connectivity index (χ0v) is 13.6. The van der Waals surface area contributed by atoms with Crippen molar-refractivity contribution in [1.82, 2.24) is 20.4 Å². The van der Waals surface area contributed by atoms with Crippen LogP contribution in [0.2, 0.25) is 0 Å². The van der Waals surface area contributed by atoms with Gasteiger partial charge in [0.05, 0.1) is 12.1 Å². The summed E-state index contributed by atoms with van der Waals surface area (Å²) in [5, 5.41) is 10.0. The minimum absolute atomic E-state index is 0.318. The molecule has 0 amide bonds. The quantitative estimate of drug-likeness (QED) is 0.753. The first-order valence-electron chi connectivity index (χ1n) is 7.14. The summed E-state index contributed by atoms with van der Waals surface area (Å²) in [6.07, 6.45) is 1.28. The summed E-state index contributed by atoms with van der Waals surface area (Å²) < 4.78 is 10.9. The third kappa shape index (κ3) is 3.42. The van der Waals surface area contributed by atoms with Crippen molar-refractivity contribution < 1.29 is 8.94 Å². The van der Waals surface area contributed by atoms with E-state index in [1.807, 2.05) is 31.5 Å². The van der Waals surface area contributed by atoms with Gasteiger partial charge in [-0.25, -0.2) is 4.98 Å². The van der Waals surface area contributed by atoms with Gasteiger partial charge in [-0.1, -0.05) is 5.16 Å². The van der Waals surface area contributed by atoms with E-state index in [0.29, 0.717) is 24.2 Å². The molecule has 0 aliphatic heterocycles. The Morgan fingerprint density at radius 2 is 2.18 bits per heavy atom. The van der Waals surface area contributed by atoms with Gasteiger partial charge in [0, 0.05) is 17.8 Å². The molecule has 7 heteroatoms. The second kappa shape index (κ2) is 6.41. The van der Waals surface area contributed by atoms with Crippen LogP contribution < -0.4 is 5.32 Å². The normalized spacial score (nSPS) is 12.7. The predicted octanol–water partition coefficient (Wildman–Crippen LogP) is 2.84. The molecule has 0 saturated heterocycles. The lowest BCUT2D eigenvalue weighted by atomic mass is 10.2. The third-order valence-electron chi connectivity index (χ3n) is 3.33. The summed E-state index contributed by atoms with van der Waals surface area (Å²) in [4.78, 5) is 8.96. The topological polar surface area (TPSA) is 77.0 Å².